The summed E-state index contributed by atoms with van der Waals surface area (Å²) in [4.78, 5) is 25.6. The number of amides is 1. The van der Waals surface area contributed by atoms with Crippen molar-refractivity contribution in [3.05, 3.63) is 29.3 Å². The molecule has 0 fully saturated rings. The Bertz CT molecular complexity index is 559. The number of nitrogens with two attached hydrogens (primary N) is 1. The van der Waals surface area contributed by atoms with Crippen molar-refractivity contribution >= 4 is 24.1 Å². The van der Waals surface area contributed by atoms with E-state index in [0.717, 1.165) is 5.56 Å². The molecule has 2 N–H and O–H groups in total. The van der Waals surface area contributed by atoms with Crippen LogP contribution in [0.2, 0.25) is 0 Å². The Kier molecular flexibility index (Phi) is 8.28. The lowest BCUT2D eigenvalue weighted by atomic mass is 9.93. The van der Waals surface area contributed by atoms with Crippen LogP contribution in [0.25, 0.3) is 0 Å². The zero-order valence-electron chi connectivity index (χ0n) is 14.5. The molecule has 0 spiro atoms. The molecule has 0 unspecified atom stereocenters. The lowest BCUT2D eigenvalue weighted by Crippen LogP contribution is -2.40. The SMILES string of the molecule is COc1ccc(C(C)=O)cc1CC(=O)N(C)CC(C)(C)CN.Cl. The third kappa shape index (κ3) is 6.20. The minimum Gasteiger partial charge on any atom is -0.496 e. The number of ketones is 1. The van der Waals surface area contributed by atoms with E-state index in [4.69, 9.17) is 10.5 Å². The van der Waals surface area contributed by atoms with E-state index < -0.39 is 0 Å². The predicted molar refractivity (Wildman–Crippen MR) is 94.4 cm³/mol. The second kappa shape index (κ2) is 8.89. The van der Waals surface area contributed by atoms with Crippen LogP contribution >= 0.6 is 12.4 Å². The third-order valence-electron chi connectivity index (χ3n) is 3.67. The van der Waals surface area contributed by atoms with E-state index in [-0.39, 0.29) is 35.9 Å². The average Bonchev–Trinajstić information content (AvgIpc) is 2.46. The highest BCUT2D eigenvalue weighted by Gasteiger charge is 2.22. The van der Waals surface area contributed by atoms with Gasteiger partial charge < -0.3 is 15.4 Å². The number of methoxy groups -OCH3 is 1. The van der Waals surface area contributed by atoms with Crippen molar-refractivity contribution in [2.24, 2.45) is 11.1 Å². The van der Waals surface area contributed by atoms with Gasteiger partial charge in [0, 0.05) is 24.7 Å². The van der Waals surface area contributed by atoms with Crippen LogP contribution in [-0.2, 0) is 11.2 Å². The average molecular weight is 343 g/mol. The number of benzene rings is 1. The van der Waals surface area contributed by atoms with E-state index in [9.17, 15) is 9.59 Å². The monoisotopic (exact) mass is 342 g/mol. The minimum absolute atomic E-state index is 0. The number of hydrogen-bond donors (Lipinski definition) is 1. The van der Waals surface area contributed by atoms with Crippen LogP contribution in [0.15, 0.2) is 18.2 Å². The van der Waals surface area contributed by atoms with Gasteiger partial charge in [-0.1, -0.05) is 13.8 Å². The normalized spacial score (nSPS) is 10.7. The first kappa shape index (κ1) is 21.4. The zero-order valence-corrected chi connectivity index (χ0v) is 15.3. The van der Waals surface area contributed by atoms with Crippen LogP contribution < -0.4 is 10.5 Å². The van der Waals surface area contributed by atoms with Gasteiger partial charge in [0.1, 0.15) is 5.75 Å². The fraction of sp³-hybridized carbons (Fsp3) is 0.529. The third-order valence-corrected chi connectivity index (χ3v) is 3.67. The van der Waals surface area contributed by atoms with Crippen molar-refractivity contribution in [2.45, 2.75) is 27.2 Å². The van der Waals surface area contributed by atoms with Gasteiger partial charge in [0.2, 0.25) is 5.91 Å². The summed E-state index contributed by atoms with van der Waals surface area (Å²) in [7, 11) is 3.32. The van der Waals surface area contributed by atoms with Gasteiger partial charge in [-0.3, -0.25) is 9.59 Å². The van der Waals surface area contributed by atoms with Gasteiger partial charge >= 0.3 is 0 Å². The highest BCUT2D eigenvalue weighted by Crippen LogP contribution is 2.22. The summed E-state index contributed by atoms with van der Waals surface area (Å²) >= 11 is 0. The lowest BCUT2D eigenvalue weighted by Gasteiger charge is -2.29. The van der Waals surface area contributed by atoms with Crippen LogP contribution in [0, 0.1) is 5.41 Å². The number of ether oxygens (including phenoxy) is 1. The number of likely N-dealkylation sites (N-methyl/N-ethyl adjacent to an activating group) is 1. The highest BCUT2D eigenvalue weighted by atomic mass is 35.5. The molecule has 0 saturated carbocycles. The second-order valence-corrected chi connectivity index (χ2v) is 6.38. The summed E-state index contributed by atoms with van der Waals surface area (Å²) in [5.74, 6) is 0.555. The van der Waals surface area contributed by atoms with E-state index >= 15 is 0 Å². The fourth-order valence-electron chi connectivity index (χ4n) is 2.23. The van der Waals surface area contributed by atoms with Crippen molar-refractivity contribution < 1.29 is 14.3 Å². The number of Topliss-reactive ketones (excluding diaryl/α,β-unsaturated/α-hetero) is 1. The smallest absolute Gasteiger partial charge is 0.226 e. The van der Waals surface area contributed by atoms with E-state index in [1.807, 2.05) is 13.8 Å². The number of carbonyl (C=O) groups excluding carboxylic acids is 2. The van der Waals surface area contributed by atoms with E-state index in [2.05, 4.69) is 0 Å². The first-order chi connectivity index (χ1) is 10.2. The Morgan fingerprint density at radius 1 is 1.30 bits per heavy atom. The molecule has 0 aliphatic rings. The number of hydrogen-bond acceptors (Lipinski definition) is 4. The van der Waals surface area contributed by atoms with Crippen molar-refractivity contribution in [1.29, 1.82) is 0 Å². The molecule has 6 heteroatoms. The molecule has 0 aliphatic heterocycles. The maximum atomic E-state index is 12.4. The van der Waals surface area contributed by atoms with Gasteiger partial charge in [0.05, 0.1) is 13.5 Å². The molecule has 130 valence electrons. The Labute approximate surface area is 144 Å². The molecule has 1 amide bonds. The Hall–Kier alpha value is -1.59. The Balaban J connectivity index is 0.00000484. The first-order valence-corrected chi connectivity index (χ1v) is 7.32. The van der Waals surface area contributed by atoms with Gasteiger partial charge in [-0.2, -0.15) is 0 Å². The summed E-state index contributed by atoms with van der Waals surface area (Å²) < 4.78 is 5.28. The standard InChI is InChI=1S/C17H26N2O3.ClH/c1-12(20)13-6-7-15(22-5)14(8-13)9-16(21)19(4)11-17(2,3)10-18;/h6-8H,9-11,18H2,1-5H3;1H. The molecule has 0 atom stereocenters. The van der Waals surface area contributed by atoms with Crippen LogP contribution in [0.3, 0.4) is 0 Å². The minimum atomic E-state index is -0.129. The highest BCUT2D eigenvalue weighted by molar-refractivity contribution is 5.94. The van der Waals surface area contributed by atoms with Crippen LogP contribution in [-0.4, -0.2) is 43.8 Å². The molecule has 0 aromatic heterocycles. The van der Waals surface area contributed by atoms with Crippen molar-refractivity contribution in [2.75, 3.05) is 27.2 Å². The van der Waals surface area contributed by atoms with Gasteiger partial charge in [-0.05, 0) is 37.1 Å². The summed E-state index contributed by atoms with van der Waals surface area (Å²) in [5, 5.41) is 0. The summed E-state index contributed by atoms with van der Waals surface area (Å²) in [6.45, 7) is 6.63. The van der Waals surface area contributed by atoms with E-state index in [1.54, 1.807) is 37.3 Å². The van der Waals surface area contributed by atoms with Gasteiger partial charge in [-0.25, -0.2) is 0 Å². The lowest BCUT2D eigenvalue weighted by molar-refractivity contribution is -0.130. The molecule has 0 saturated heterocycles. The van der Waals surface area contributed by atoms with Crippen molar-refractivity contribution in [1.82, 2.24) is 4.90 Å². The Morgan fingerprint density at radius 2 is 1.91 bits per heavy atom. The molecule has 23 heavy (non-hydrogen) atoms. The molecule has 0 radical (unpaired) electrons. The molecule has 1 rings (SSSR count). The van der Waals surface area contributed by atoms with Crippen molar-refractivity contribution in [3.63, 3.8) is 0 Å². The Morgan fingerprint density at radius 3 is 2.39 bits per heavy atom. The zero-order chi connectivity index (χ0) is 16.9. The molecule has 1 aromatic carbocycles. The summed E-state index contributed by atoms with van der Waals surface area (Å²) in [6, 6.07) is 5.15. The molecular formula is C17H27ClN2O3. The van der Waals surface area contributed by atoms with E-state index in [1.165, 1.54) is 6.92 Å². The van der Waals surface area contributed by atoms with Gasteiger partial charge in [-0.15, -0.1) is 12.4 Å². The van der Waals surface area contributed by atoms with Gasteiger partial charge in [0.25, 0.3) is 0 Å². The second-order valence-electron chi connectivity index (χ2n) is 6.38. The fourth-order valence-corrected chi connectivity index (χ4v) is 2.23. The summed E-state index contributed by atoms with van der Waals surface area (Å²) in [6.07, 6.45) is 0.196. The number of nitrogens with zero attached hydrogens (tertiary/aromatic N) is 1. The topological polar surface area (TPSA) is 72.6 Å². The van der Waals surface area contributed by atoms with Crippen LogP contribution in [0.4, 0.5) is 0 Å². The van der Waals surface area contributed by atoms with Crippen LogP contribution in [0.5, 0.6) is 5.75 Å². The summed E-state index contributed by atoms with van der Waals surface area (Å²) in [5.41, 5.74) is 6.88. The first-order valence-electron chi connectivity index (χ1n) is 7.32. The molecule has 0 aliphatic carbocycles. The molecule has 1 aromatic rings. The maximum absolute atomic E-state index is 12.4. The maximum Gasteiger partial charge on any atom is 0.226 e. The van der Waals surface area contributed by atoms with Gasteiger partial charge in [0.15, 0.2) is 5.78 Å². The molecule has 0 heterocycles. The number of carbonyl (C=O) groups is 2. The predicted octanol–water partition coefficient (Wildman–Crippen LogP) is 2.31. The number of rotatable bonds is 7. The quantitative estimate of drug-likeness (QED) is 0.772. The van der Waals surface area contributed by atoms with E-state index in [0.29, 0.717) is 24.4 Å². The molecule has 5 nitrogen and oxygen atoms in total. The van der Waals surface area contributed by atoms with Crippen molar-refractivity contribution in [3.8, 4) is 5.75 Å². The number of halogens is 1. The largest absolute Gasteiger partial charge is 0.496 e. The molecule has 0 bridgehead atoms. The molecular weight excluding hydrogens is 316 g/mol. The van der Waals surface area contributed by atoms with Crippen LogP contribution in [0.1, 0.15) is 36.7 Å².